The maximum atomic E-state index is 13.1. The lowest BCUT2D eigenvalue weighted by Crippen LogP contribution is -2.48. The molecule has 10 heteroatoms. The van der Waals surface area contributed by atoms with Crippen LogP contribution in [0, 0.1) is 6.92 Å². The second kappa shape index (κ2) is 8.37. The normalized spacial score (nSPS) is 18.3. The number of carboxylic acid groups (broad SMARTS) is 1. The van der Waals surface area contributed by atoms with Crippen molar-refractivity contribution in [3.63, 3.8) is 0 Å². The summed E-state index contributed by atoms with van der Waals surface area (Å²) in [5.41, 5.74) is 0.616. The Bertz CT molecular complexity index is 1050. The van der Waals surface area contributed by atoms with Crippen LogP contribution in [-0.4, -0.2) is 43.4 Å². The van der Waals surface area contributed by atoms with Crippen LogP contribution in [0.2, 0.25) is 0 Å². The molecule has 0 spiro atoms. The highest BCUT2D eigenvalue weighted by Crippen LogP contribution is 2.32. The van der Waals surface area contributed by atoms with Gasteiger partial charge in [-0.05, 0) is 47.9 Å². The lowest BCUT2D eigenvalue weighted by molar-refractivity contribution is -0.138. The number of aryl methyl sites for hydroxylation is 1. The predicted molar refractivity (Wildman–Crippen MR) is 103 cm³/mol. The zero-order valence-corrected chi connectivity index (χ0v) is 16.9. The zero-order valence-electron chi connectivity index (χ0n) is 16.1. The Morgan fingerprint density at radius 3 is 2.63 bits per heavy atom. The van der Waals surface area contributed by atoms with Gasteiger partial charge in [0.05, 0.1) is 16.9 Å². The van der Waals surface area contributed by atoms with Gasteiger partial charge >= 0.3 is 12.1 Å². The van der Waals surface area contributed by atoms with Crippen LogP contribution in [0.3, 0.4) is 0 Å². The summed E-state index contributed by atoms with van der Waals surface area (Å²) >= 11 is 0. The quantitative estimate of drug-likeness (QED) is 0.744. The Kier molecular flexibility index (Phi) is 6.21. The molecule has 162 valence electrons. The second-order valence-corrected chi connectivity index (χ2v) is 9.09. The van der Waals surface area contributed by atoms with Crippen molar-refractivity contribution >= 4 is 16.0 Å². The molecule has 0 saturated carbocycles. The Hall–Kier alpha value is -2.43. The number of nitrogens with one attached hydrogen (secondary N) is 1. The summed E-state index contributed by atoms with van der Waals surface area (Å²) in [4.78, 5) is 11.0. The Morgan fingerprint density at radius 1 is 1.23 bits per heavy atom. The highest BCUT2D eigenvalue weighted by molar-refractivity contribution is 7.89. The standard InChI is InChI=1S/C20H21F3N2O4S/c1-13-5-6-17(10-15(13)11-19(26)27)30(28,29)25-8-7-24-18(12-25)14-3-2-4-16(9-14)20(21,22)23/h2-6,9-10,18,24H,7-8,11-12H2,1H3,(H,26,27). The average molecular weight is 442 g/mol. The van der Waals surface area contributed by atoms with Gasteiger partial charge < -0.3 is 10.4 Å². The fraction of sp³-hybridized carbons (Fsp3) is 0.350. The van der Waals surface area contributed by atoms with Gasteiger partial charge in [-0.15, -0.1) is 0 Å². The molecule has 1 unspecified atom stereocenters. The van der Waals surface area contributed by atoms with Gasteiger partial charge in [0.2, 0.25) is 10.0 Å². The Balaban J connectivity index is 1.87. The number of sulfonamides is 1. The van der Waals surface area contributed by atoms with E-state index in [1.807, 2.05) is 0 Å². The molecule has 0 aliphatic carbocycles. The molecule has 1 aliphatic rings. The number of carbonyl (C=O) groups is 1. The first-order chi connectivity index (χ1) is 14.0. The summed E-state index contributed by atoms with van der Waals surface area (Å²) < 4.78 is 66.5. The highest BCUT2D eigenvalue weighted by Gasteiger charge is 2.34. The largest absolute Gasteiger partial charge is 0.481 e. The van der Waals surface area contributed by atoms with Crippen LogP contribution in [0.25, 0.3) is 0 Å². The van der Waals surface area contributed by atoms with Crippen LogP contribution in [0.1, 0.15) is 28.3 Å². The molecule has 1 fully saturated rings. The minimum Gasteiger partial charge on any atom is -0.481 e. The molecular weight excluding hydrogens is 421 g/mol. The molecule has 30 heavy (non-hydrogen) atoms. The van der Waals surface area contributed by atoms with E-state index in [1.54, 1.807) is 13.0 Å². The van der Waals surface area contributed by atoms with Crippen molar-refractivity contribution in [2.75, 3.05) is 19.6 Å². The van der Waals surface area contributed by atoms with Crippen molar-refractivity contribution in [2.45, 2.75) is 30.5 Å². The second-order valence-electron chi connectivity index (χ2n) is 7.15. The van der Waals surface area contributed by atoms with Crippen molar-refractivity contribution in [1.29, 1.82) is 0 Å². The maximum absolute atomic E-state index is 13.1. The monoisotopic (exact) mass is 442 g/mol. The number of hydrogen-bond acceptors (Lipinski definition) is 4. The van der Waals surface area contributed by atoms with Crippen LogP contribution in [0.4, 0.5) is 13.2 Å². The van der Waals surface area contributed by atoms with E-state index in [2.05, 4.69) is 5.32 Å². The lowest BCUT2D eigenvalue weighted by atomic mass is 10.0. The Morgan fingerprint density at radius 2 is 1.97 bits per heavy atom. The van der Waals surface area contributed by atoms with Gasteiger partial charge in [0, 0.05) is 25.7 Å². The van der Waals surface area contributed by atoms with Crippen molar-refractivity contribution in [1.82, 2.24) is 9.62 Å². The number of piperazine rings is 1. The van der Waals surface area contributed by atoms with E-state index in [1.165, 1.54) is 28.6 Å². The minimum absolute atomic E-state index is 0.0333. The van der Waals surface area contributed by atoms with Crippen molar-refractivity contribution < 1.29 is 31.5 Å². The fourth-order valence-electron chi connectivity index (χ4n) is 3.41. The fourth-order valence-corrected chi connectivity index (χ4v) is 4.91. The van der Waals surface area contributed by atoms with Gasteiger partial charge in [0.25, 0.3) is 0 Å². The van der Waals surface area contributed by atoms with E-state index in [-0.39, 0.29) is 31.0 Å². The first-order valence-electron chi connectivity index (χ1n) is 9.20. The van der Waals surface area contributed by atoms with E-state index in [9.17, 15) is 26.4 Å². The number of rotatable bonds is 5. The summed E-state index contributed by atoms with van der Waals surface area (Å²) in [5, 5.41) is 12.1. The van der Waals surface area contributed by atoms with Gasteiger partial charge in [-0.1, -0.05) is 18.2 Å². The molecule has 1 atom stereocenters. The van der Waals surface area contributed by atoms with Crippen molar-refractivity contribution in [3.05, 3.63) is 64.7 Å². The predicted octanol–water partition coefficient (Wildman–Crippen LogP) is 2.98. The molecule has 2 aromatic rings. The molecule has 0 radical (unpaired) electrons. The van der Waals surface area contributed by atoms with Crippen LogP contribution in [0.5, 0.6) is 0 Å². The zero-order chi connectivity index (χ0) is 22.1. The summed E-state index contributed by atoms with van der Waals surface area (Å²) in [6, 6.07) is 8.53. The topological polar surface area (TPSA) is 86.7 Å². The molecule has 1 heterocycles. The van der Waals surface area contributed by atoms with Crippen LogP contribution in [-0.2, 0) is 27.4 Å². The summed E-state index contributed by atoms with van der Waals surface area (Å²) in [5.74, 6) is -1.07. The highest BCUT2D eigenvalue weighted by atomic mass is 32.2. The van der Waals surface area contributed by atoms with Crippen LogP contribution >= 0.6 is 0 Å². The van der Waals surface area contributed by atoms with Gasteiger partial charge in [0.15, 0.2) is 0 Å². The van der Waals surface area contributed by atoms with Crippen molar-refractivity contribution in [3.8, 4) is 0 Å². The number of benzene rings is 2. The molecule has 0 aromatic heterocycles. The Labute approximate surface area is 172 Å². The van der Waals surface area contributed by atoms with E-state index in [4.69, 9.17) is 5.11 Å². The average Bonchev–Trinajstić information content (AvgIpc) is 2.69. The molecule has 6 nitrogen and oxygen atoms in total. The molecule has 2 N–H and O–H groups in total. The minimum atomic E-state index is -4.49. The van der Waals surface area contributed by atoms with Crippen LogP contribution in [0.15, 0.2) is 47.4 Å². The van der Waals surface area contributed by atoms with E-state index in [0.29, 0.717) is 16.7 Å². The number of alkyl halides is 3. The molecule has 3 rings (SSSR count). The number of carboxylic acids is 1. The summed E-state index contributed by atoms with van der Waals surface area (Å²) in [6.45, 7) is 2.09. The number of halogens is 3. The summed E-state index contributed by atoms with van der Waals surface area (Å²) in [7, 11) is -3.94. The lowest BCUT2D eigenvalue weighted by Gasteiger charge is -2.33. The van der Waals surface area contributed by atoms with Crippen molar-refractivity contribution in [2.24, 2.45) is 0 Å². The third-order valence-electron chi connectivity index (χ3n) is 5.05. The van der Waals surface area contributed by atoms with Gasteiger partial charge in [-0.2, -0.15) is 17.5 Å². The SMILES string of the molecule is Cc1ccc(S(=O)(=O)N2CCNC(c3cccc(C(F)(F)F)c3)C2)cc1CC(=O)O. The van der Waals surface area contributed by atoms with Gasteiger partial charge in [0.1, 0.15) is 0 Å². The van der Waals surface area contributed by atoms with E-state index in [0.717, 1.165) is 12.1 Å². The number of nitrogens with zero attached hydrogens (tertiary/aromatic N) is 1. The third-order valence-corrected chi connectivity index (χ3v) is 6.92. The number of hydrogen-bond donors (Lipinski definition) is 2. The van der Waals surface area contributed by atoms with Crippen LogP contribution < -0.4 is 5.32 Å². The summed E-state index contributed by atoms with van der Waals surface area (Å²) in [6.07, 6.45) is -4.79. The molecular formula is C20H21F3N2O4S. The maximum Gasteiger partial charge on any atom is 0.416 e. The molecule has 0 amide bonds. The molecule has 1 aliphatic heterocycles. The van der Waals surface area contributed by atoms with Gasteiger partial charge in [-0.3, -0.25) is 4.79 Å². The van der Waals surface area contributed by atoms with E-state index >= 15 is 0 Å². The molecule has 1 saturated heterocycles. The molecule has 2 aromatic carbocycles. The smallest absolute Gasteiger partial charge is 0.416 e. The molecule has 0 bridgehead atoms. The van der Waals surface area contributed by atoms with Gasteiger partial charge in [-0.25, -0.2) is 8.42 Å². The first-order valence-corrected chi connectivity index (χ1v) is 10.6. The third kappa shape index (κ3) is 4.82. The number of aliphatic carboxylic acids is 1. The van der Waals surface area contributed by atoms with E-state index < -0.39 is 33.8 Å². The first kappa shape index (κ1) is 22.3.